The zero-order valence-corrected chi connectivity index (χ0v) is 18.4. The number of fused-ring (bicyclic) bond motifs is 1. The minimum absolute atomic E-state index is 0.207. The van der Waals surface area contributed by atoms with Gasteiger partial charge in [0.25, 0.3) is 5.91 Å². The van der Waals surface area contributed by atoms with Gasteiger partial charge >= 0.3 is 5.97 Å². The Kier molecular flexibility index (Phi) is 6.07. The lowest BCUT2D eigenvalue weighted by Crippen LogP contribution is -2.21. The molecule has 164 valence electrons. The van der Waals surface area contributed by atoms with Crippen LogP contribution in [-0.4, -0.2) is 33.2 Å². The number of ether oxygens (including phenoxy) is 1. The van der Waals surface area contributed by atoms with E-state index in [-0.39, 0.29) is 18.9 Å². The Morgan fingerprint density at radius 1 is 1.06 bits per heavy atom. The molecule has 4 aromatic rings. The van der Waals surface area contributed by atoms with Gasteiger partial charge in [0.15, 0.2) is 6.61 Å². The van der Waals surface area contributed by atoms with Gasteiger partial charge in [-0.25, -0.2) is 4.68 Å². The number of benzene rings is 2. The monoisotopic (exact) mass is 430 g/mol. The first-order valence-corrected chi connectivity index (χ1v) is 10.6. The summed E-state index contributed by atoms with van der Waals surface area (Å²) >= 11 is 0. The third-order valence-corrected chi connectivity index (χ3v) is 5.47. The average Bonchev–Trinajstić information content (AvgIpc) is 3.33. The van der Waals surface area contributed by atoms with Crippen LogP contribution in [0.15, 0.2) is 54.7 Å². The van der Waals surface area contributed by atoms with Crippen molar-refractivity contribution < 1.29 is 14.3 Å². The molecule has 7 nitrogen and oxygen atoms in total. The van der Waals surface area contributed by atoms with Crippen molar-refractivity contribution in [3.63, 3.8) is 0 Å². The Hall–Kier alpha value is -3.87. The molecule has 2 aromatic heterocycles. The van der Waals surface area contributed by atoms with Crippen LogP contribution >= 0.6 is 0 Å². The van der Waals surface area contributed by atoms with Crippen molar-refractivity contribution in [1.82, 2.24) is 14.8 Å². The SMILES string of the molecule is Cc1ccc(-n2nc(C)c(NC(=O)COC(=O)CCc3c[nH]c4ccccc34)c2C)cc1. The molecule has 0 spiro atoms. The summed E-state index contributed by atoms with van der Waals surface area (Å²) in [7, 11) is 0. The van der Waals surface area contributed by atoms with Crippen LogP contribution in [0.2, 0.25) is 0 Å². The molecule has 4 rings (SSSR count). The number of carbonyl (C=O) groups excluding carboxylic acids is 2. The Bertz CT molecular complexity index is 1270. The quantitative estimate of drug-likeness (QED) is 0.426. The van der Waals surface area contributed by atoms with Crippen LogP contribution in [0, 0.1) is 20.8 Å². The molecule has 0 bridgehead atoms. The van der Waals surface area contributed by atoms with Crippen LogP contribution in [0.4, 0.5) is 5.69 Å². The number of H-pyrrole nitrogens is 1. The molecule has 32 heavy (non-hydrogen) atoms. The van der Waals surface area contributed by atoms with Gasteiger partial charge in [0.1, 0.15) is 0 Å². The van der Waals surface area contributed by atoms with E-state index in [9.17, 15) is 9.59 Å². The molecular weight excluding hydrogens is 404 g/mol. The summed E-state index contributed by atoms with van der Waals surface area (Å²) in [6.45, 7) is 5.42. The van der Waals surface area contributed by atoms with Crippen molar-refractivity contribution in [3.05, 3.63) is 77.2 Å². The molecule has 0 aliphatic carbocycles. The van der Waals surface area contributed by atoms with E-state index in [2.05, 4.69) is 15.4 Å². The van der Waals surface area contributed by atoms with E-state index in [0.29, 0.717) is 17.8 Å². The third kappa shape index (κ3) is 4.56. The number of amides is 1. The minimum Gasteiger partial charge on any atom is -0.456 e. The second-order valence-electron chi connectivity index (χ2n) is 7.86. The fourth-order valence-corrected chi connectivity index (χ4v) is 3.73. The van der Waals surface area contributed by atoms with Gasteiger partial charge in [-0.1, -0.05) is 35.9 Å². The summed E-state index contributed by atoms with van der Waals surface area (Å²) in [5.74, 6) is -0.797. The molecule has 0 unspecified atom stereocenters. The number of rotatable bonds is 7. The molecule has 0 saturated carbocycles. The van der Waals surface area contributed by atoms with E-state index in [1.54, 1.807) is 4.68 Å². The Morgan fingerprint density at radius 2 is 1.81 bits per heavy atom. The van der Waals surface area contributed by atoms with E-state index in [1.807, 2.05) is 75.5 Å². The highest BCUT2D eigenvalue weighted by molar-refractivity contribution is 5.94. The van der Waals surface area contributed by atoms with Crippen LogP contribution in [0.5, 0.6) is 0 Å². The highest BCUT2D eigenvalue weighted by Crippen LogP contribution is 2.23. The van der Waals surface area contributed by atoms with E-state index in [4.69, 9.17) is 4.74 Å². The molecule has 0 fully saturated rings. The first-order chi connectivity index (χ1) is 15.4. The lowest BCUT2D eigenvalue weighted by molar-refractivity contribution is -0.147. The fourth-order valence-electron chi connectivity index (χ4n) is 3.73. The molecule has 1 amide bonds. The fraction of sp³-hybridized carbons (Fsp3) is 0.240. The molecule has 0 saturated heterocycles. The number of nitrogens with one attached hydrogen (secondary N) is 2. The van der Waals surface area contributed by atoms with E-state index < -0.39 is 5.97 Å². The van der Waals surface area contributed by atoms with Crippen LogP contribution in [0.3, 0.4) is 0 Å². The number of aromatic nitrogens is 3. The molecule has 2 aromatic carbocycles. The summed E-state index contributed by atoms with van der Waals surface area (Å²) in [5, 5.41) is 8.45. The maximum atomic E-state index is 12.4. The van der Waals surface area contributed by atoms with E-state index in [1.165, 1.54) is 0 Å². The van der Waals surface area contributed by atoms with E-state index in [0.717, 1.165) is 33.4 Å². The third-order valence-electron chi connectivity index (χ3n) is 5.47. The van der Waals surface area contributed by atoms with Gasteiger partial charge in [0, 0.05) is 23.5 Å². The predicted molar refractivity (Wildman–Crippen MR) is 124 cm³/mol. The summed E-state index contributed by atoms with van der Waals surface area (Å²) < 4.78 is 6.97. The summed E-state index contributed by atoms with van der Waals surface area (Å²) in [5.41, 5.74) is 6.30. The number of nitrogens with zero attached hydrogens (tertiary/aromatic N) is 2. The molecule has 0 atom stereocenters. The Morgan fingerprint density at radius 3 is 2.59 bits per heavy atom. The van der Waals surface area contributed by atoms with Gasteiger partial charge < -0.3 is 15.0 Å². The zero-order valence-electron chi connectivity index (χ0n) is 18.4. The summed E-state index contributed by atoms with van der Waals surface area (Å²) in [4.78, 5) is 27.7. The topological polar surface area (TPSA) is 89.0 Å². The van der Waals surface area contributed by atoms with Gasteiger partial charge in [0.2, 0.25) is 0 Å². The van der Waals surface area contributed by atoms with Crippen LogP contribution in [-0.2, 0) is 20.7 Å². The van der Waals surface area contributed by atoms with Crippen LogP contribution < -0.4 is 5.32 Å². The van der Waals surface area contributed by atoms with Crippen molar-refractivity contribution in [2.24, 2.45) is 0 Å². The number of carbonyl (C=O) groups is 2. The van der Waals surface area contributed by atoms with Crippen LogP contribution in [0.25, 0.3) is 16.6 Å². The predicted octanol–water partition coefficient (Wildman–Crippen LogP) is 4.39. The highest BCUT2D eigenvalue weighted by atomic mass is 16.5. The minimum atomic E-state index is -0.408. The van der Waals surface area contributed by atoms with Gasteiger partial charge in [-0.05, 0) is 51.0 Å². The number of aromatic amines is 1. The maximum Gasteiger partial charge on any atom is 0.306 e. The second kappa shape index (κ2) is 9.09. The van der Waals surface area contributed by atoms with Gasteiger partial charge in [0.05, 0.1) is 22.8 Å². The van der Waals surface area contributed by atoms with Gasteiger partial charge in [-0.2, -0.15) is 5.10 Å². The average molecular weight is 431 g/mol. The molecular formula is C25H26N4O3. The molecule has 0 aliphatic rings. The van der Waals surface area contributed by atoms with Gasteiger partial charge in [-0.15, -0.1) is 0 Å². The number of para-hydroxylation sites is 1. The van der Waals surface area contributed by atoms with E-state index >= 15 is 0 Å². The number of anilines is 1. The zero-order chi connectivity index (χ0) is 22.7. The molecule has 2 heterocycles. The smallest absolute Gasteiger partial charge is 0.306 e. The molecule has 7 heteroatoms. The summed E-state index contributed by atoms with van der Waals surface area (Å²) in [6.07, 6.45) is 2.66. The van der Waals surface area contributed by atoms with Gasteiger partial charge in [-0.3, -0.25) is 9.59 Å². The summed E-state index contributed by atoms with van der Waals surface area (Å²) in [6, 6.07) is 15.9. The molecule has 2 N–H and O–H groups in total. The van der Waals surface area contributed by atoms with Crippen molar-refractivity contribution in [1.29, 1.82) is 0 Å². The number of aryl methyl sites for hydroxylation is 3. The first-order valence-electron chi connectivity index (χ1n) is 10.6. The largest absolute Gasteiger partial charge is 0.456 e. The highest BCUT2D eigenvalue weighted by Gasteiger charge is 2.16. The molecule has 0 aliphatic heterocycles. The lowest BCUT2D eigenvalue weighted by atomic mass is 10.1. The van der Waals surface area contributed by atoms with Crippen molar-refractivity contribution >= 4 is 28.5 Å². The lowest BCUT2D eigenvalue weighted by Gasteiger charge is -2.08. The van der Waals surface area contributed by atoms with Crippen molar-refractivity contribution in [2.75, 3.05) is 11.9 Å². The Balaban J connectivity index is 1.32. The molecule has 0 radical (unpaired) electrons. The Labute approximate surface area is 186 Å². The van der Waals surface area contributed by atoms with Crippen molar-refractivity contribution in [2.45, 2.75) is 33.6 Å². The maximum absolute atomic E-state index is 12.4. The number of hydrogen-bond donors (Lipinski definition) is 2. The van der Waals surface area contributed by atoms with Crippen LogP contribution in [0.1, 0.15) is 28.9 Å². The van der Waals surface area contributed by atoms with Crippen molar-refractivity contribution in [3.8, 4) is 5.69 Å². The first kappa shape index (κ1) is 21.4. The standard InChI is InChI=1S/C25H26N4O3/c1-16-8-11-20(12-9-16)29-18(3)25(17(2)28-29)27-23(30)15-32-24(31)13-10-19-14-26-22-7-5-4-6-21(19)22/h4-9,11-12,14,26H,10,13,15H2,1-3H3,(H,27,30). The normalized spacial score (nSPS) is 11.0. The number of hydrogen-bond acceptors (Lipinski definition) is 4. The second-order valence-corrected chi connectivity index (χ2v) is 7.86. The number of esters is 1.